The summed E-state index contributed by atoms with van der Waals surface area (Å²) in [6, 6.07) is 1.45. The molecular formula is C12H16BrFN2O2S. The van der Waals surface area contributed by atoms with Crippen molar-refractivity contribution >= 4 is 25.8 Å². The highest BCUT2D eigenvalue weighted by Crippen LogP contribution is 2.32. The van der Waals surface area contributed by atoms with Crippen LogP contribution >= 0.6 is 15.9 Å². The maximum atomic E-state index is 13.3. The molecule has 0 aromatic carbocycles. The first kappa shape index (κ1) is 14.9. The minimum absolute atomic E-state index is 0.186. The fourth-order valence-corrected chi connectivity index (χ4v) is 4.34. The molecule has 0 amide bonds. The van der Waals surface area contributed by atoms with E-state index in [-0.39, 0.29) is 21.6 Å². The predicted molar refractivity (Wildman–Crippen MR) is 75.0 cm³/mol. The van der Waals surface area contributed by atoms with E-state index in [1.165, 1.54) is 12.3 Å². The Hall–Kier alpha value is -0.530. The maximum Gasteiger partial charge on any atom is 0.156 e. The molecule has 1 saturated heterocycles. The molecule has 0 spiro atoms. The topological polar surface area (TPSA) is 50.3 Å². The van der Waals surface area contributed by atoms with Crippen LogP contribution in [0.1, 0.15) is 12.5 Å². The van der Waals surface area contributed by atoms with Gasteiger partial charge in [0.2, 0.25) is 0 Å². The number of pyridine rings is 1. The number of aromatic nitrogens is 1. The van der Waals surface area contributed by atoms with Gasteiger partial charge in [-0.15, -0.1) is 0 Å². The molecule has 19 heavy (non-hydrogen) atoms. The molecule has 2 heterocycles. The van der Waals surface area contributed by atoms with Crippen LogP contribution in [0.4, 0.5) is 4.39 Å². The molecule has 4 nitrogen and oxygen atoms in total. The number of hydrogen-bond acceptors (Lipinski definition) is 4. The van der Waals surface area contributed by atoms with Crippen LogP contribution in [0.25, 0.3) is 0 Å². The van der Waals surface area contributed by atoms with Crippen molar-refractivity contribution in [3.8, 4) is 0 Å². The van der Waals surface area contributed by atoms with Gasteiger partial charge in [-0.25, -0.2) is 17.8 Å². The Morgan fingerprint density at radius 3 is 2.68 bits per heavy atom. The summed E-state index contributed by atoms with van der Waals surface area (Å²) < 4.78 is 36.1. The molecule has 0 radical (unpaired) electrons. The average Bonchev–Trinajstić information content (AvgIpc) is 2.18. The molecule has 0 saturated carbocycles. The van der Waals surface area contributed by atoms with Crippen LogP contribution in [-0.2, 0) is 16.4 Å². The summed E-state index contributed by atoms with van der Waals surface area (Å²) in [5.74, 6) is -0.180. The van der Waals surface area contributed by atoms with Gasteiger partial charge in [0.05, 0.1) is 5.75 Å². The summed E-state index contributed by atoms with van der Waals surface area (Å²) in [6.07, 6.45) is 2.88. The zero-order valence-corrected chi connectivity index (χ0v) is 13.3. The van der Waals surface area contributed by atoms with Gasteiger partial charge in [0.15, 0.2) is 5.82 Å². The fourth-order valence-electron chi connectivity index (χ4n) is 2.67. The Morgan fingerprint density at radius 1 is 1.53 bits per heavy atom. The molecule has 2 rings (SSSR count). The van der Waals surface area contributed by atoms with E-state index in [2.05, 4.69) is 25.8 Å². The molecule has 7 heteroatoms. The molecule has 0 unspecified atom stereocenters. The third kappa shape index (κ3) is 3.97. The summed E-state index contributed by atoms with van der Waals surface area (Å²) in [4.78, 5) is 6.00. The standard InChI is InChI=1S/C12H16BrFN2O2S/c1-12(8-19(2,17)18)6-16(7-12)5-9-3-10(14)11(13)15-4-9/h3-4H,5-8H2,1-2H3. The molecule has 0 bridgehead atoms. The van der Waals surface area contributed by atoms with Crippen LogP contribution < -0.4 is 0 Å². The smallest absolute Gasteiger partial charge is 0.156 e. The Labute approximate surface area is 121 Å². The van der Waals surface area contributed by atoms with Crippen molar-refractivity contribution in [3.05, 3.63) is 28.2 Å². The van der Waals surface area contributed by atoms with Crippen molar-refractivity contribution in [1.82, 2.24) is 9.88 Å². The quantitative estimate of drug-likeness (QED) is 0.777. The van der Waals surface area contributed by atoms with Crippen LogP contribution in [0.3, 0.4) is 0 Å². The largest absolute Gasteiger partial charge is 0.298 e. The fraction of sp³-hybridized carbons (Fsp3) is 0.583. The van der Waals surface area contributed by atoms with Gasteiger partial charge < -0.3 is 0 Å². The van der Waals surface area contributed by atoms with E-state index in [0.717, 1.165) is 5.56 Å². The van der Waals surface area contributed by atoms with Crippen molar-refractivity contribution in [2.75, 3.05) is 25.1 Å². The first-order valence-electron chi connectivity index (χ1n) is 5.87. The average molecular weight is 351 g/mol. The van der Waals surface area contributed by atoms with E-state index in [9.17, 15) is 12.8 Å². The number of rotatable bonds is 4. The summed E-state index contributed by atoms with van der Waals surface area (Å²) >= 11 is 3.01. The Bertz CT molecular complexity index is 585. The van der Waals surface area contributed by atoms with Crippen LogP contribution in [0.5, 0.6) is 0 Å². The van der Waals surface area contributed by atoms with Crippen molar-refractivity contribution in [1.29, 1.82) is 0 Å². The first-order valence-corrected chi connectivity index (χ1v) is 8.72. The monoisotopic (exact) mass is 350 g/mol. The lowest BCUT2D eigenvalue weighted by Gasteiger charge is -2.47. The summed E-state index contributed by atoms with van der Waals surface area (Å²) in [5.41, 5.74) is 0.608. The molecule has 1 aliphatic rings. The van der Waals surface area contributed by atoms with Gasteiger partial charge in [0, 0.05) is 37.5 Å². The van der Waals surface area contributed by atoms with Gasteiger partial charge in [-0.05, 0) is 27.6 Å². The lowest BCUT2D eigenvalue weighted by molar-refractivity contribution is 0.0267. The second kappa shape index (κ2) is 5.10. The number of halogens is 2. The van der Waals surface area contributed by atoms with Crippen molar-refractivity contribution < 1.29 is 12.8 Å². The number of nitrogens with zero attached hydrogens (tertiary/aromatic N) is 2. The minimum atomic E-state index is -2.96. The predicted octanol–water partition coefficient (Wildman–Crippen LogP) is 1.85. The molecule has 106 valence electrons. The molecule has 1 fully saturated rings. The maximum absolute atomic E-state index is 13.3. The highest BCUT2D eigenvalue weighted by atomic mass is 79.9. The molecule has 1 aliphatic heterocycles. The highest BCUT2D eigenvalue weighted by Gasteiger charge is 2.40. The van der Waals surface area contributed by atoms with Gasteiger partial charge in [-0.2, -0.15) is 0 Å². The van der Waals surface area contributed by atoms with Gasteiger partial charge >= 0.3 is 0 Å². The second-order valence-corrected chi connectivity index (χ2v) is 8.53. The van der Waals surface area contributed by atoms with E-state index >= 15 is 0 Å². The third-order valence-electron chi connectivity index (χ3n) is 3.08. The normalized spacial score (nSPS) is 19.2. The molecular weight excluding hydrogens is 335 g/mol. The van der Waals surface area contributed by atoms with Gasteiger partial charge in [-0.3, -0.25) is 4.90 Å². The molecule has 0 N–H and O–H groups in total. The van der Waals surface area contributed by atoms with Crippen LogP contribution in [0.2, 0.25) is 0 Å². The SMILES string of the molecule is CC1(CS(C)(=O)=O)CN(Cc2cnc(Br)c(F)c2)C1. The van der Waals surface area contributed by atoms with Crippen LogP contribution in [0, 0.1) is 11.2 Å². The highest BCUT2D eigenvalue weighted by molar-refractivity contribution is 9.10. The Kier molecular flexibility index (Phi) is 3.99. The van der Waals surface area contributed by atoms with E-state index in [0.29, 0.717) is 19.6 Å². The molecule has 0 aliphatic carbocycles. The van der Waals surface area contributed by atoms with Crippen LogP contribution in [-0.4, -0.2) is 43.4 Å². The first-order chi connectivity index (χ1) is 8.67. The molecule has 1 aromatic rings. The third-order valence-corrected chi connectivity index (χ3v) is 4.89. The van der Waals surface area contributed by atoms with E-state index in [4.69, 9.17) is 0 Å². The van der Waals surface area contributed by atoms with Crippen molar-refractivity contribution in [3.63, 3.8) is 0 Å². The lowest BCUT2D eigenvalue weighted by atomic mass is 9.84. The molecule has 1 aromatic heterocycles. The van der Waals surface area contributed by atoms with Gasteiger partial charge in [0.25, 0.3) is 0 Å². The number of likely N-dealkylation sites (tertiary alicyclic amines) is 1. The van der Waals surface area contributed by atoms with Gasteiger partial charge in [-0.1, -0.05) is 6.92 Å². The second-order valence-electron chi connectivity index (χ2n) is 5.64. The summed E-state index contributed by atoms with van der Waals surface area (Å²) in [6.45, 7) is 3.97. The van der Waals surface area contributed by atoms with Crippen molar-refractivity contribution in [2.45, 2.75) is 13.5 Å². The molecule has 0 atom stereocenters. The number of hydrogen-bond donors (Lipinski definition) is 0. The number of sulfone groups is 1. The minimum Gasteiger partial charge on any atom is -0.298 e. The van der Waals surface area contributed by atoms with E-state index in [1.807, 2.05) is 6.92 Å². The Morgan fingerprint density at radius 2 is 2.16 bits per heavy atom. The van der Waals surface area contributed by atoms with E-state index < -0.39 is 9.84 Å². The zero-order valence-electron chi connectivity index (χ0n) is 10.9. The Balaban J connectivity index is 1.92. The summed E-state index contributed by atoms with van der Waals surface area (Å²) in [7, 11) is -2.96. The van der Waals surface area contributed by atoms with Gasteiger partial charge in [0.1, 0.15) is 14.4 Å². The van der Waals surface area contributed by atoms with Crippen molar-refractivity contribution in [2.24, 2.45) is 5.41 Å². The van der Waals surface area contributed by atoms with Crippen LogP contribution in [0.15, 0.2) is 16.9 Å². The van der Waals surface area contributed by atoms with E-state index in [1.54, 1.807) is 6.20 Å². The zero-order chi connectivity index (χ0) is 14.3. The lowest BCUT2D eigenvalue weighted by Crippen LogP contribution is -2.56. The summed E-state index contributed by atoms with van der Waals surface area (Å²) in [5, 5.41) is 0.